The minimum Gasteiger partial charge on any atom is -0.487 e. The second-order valence-corrected chi connectivity index (χ2v) is 8.33. The van der Waals surface area contributed by atoms with E-state index in [9.17, 15) is 9.18 Å². The number of rotatable bonds is 7. The Morgan fingerprint density at radius 2 is 2.10 bits per heavy atom. The minimum absolute atomic E-state index is 0.240. The molecule has 1 amide bonds. The molecule has 0 unspecified atom stereocenters. The predicted octanol–water partition coefficient (Wildman–Crippen LogP) is 5.93. The van der Waals surface area contributed by atoms with Crippen LogP contribution in [0.1, 0.15) is 26.4 Å². The molecule has 1 N–H and O–H groups in total. The predicted molar refractivity (Wildman–Crippen MR) is 121 cm³/mol. The Kier molecular flexibility index (Phi) is 6.34. The van der Waals surface area contributed by atoms with E-state index in [1.165, 1.54) is 23.6 Å². The molecule has 0 spiro atoms. The number of hydrogen-bond acceptors (Lipinski definition) is 4. The molecule has 0 saturated heterocycles. The molecular formula is C23H19ClFN3O2S. The molecule has 0 atom stereocenters. The standard InChI is InChI=1S/C23H19ClFN3O2S/c1-15-6-7-19(24)21(8-15)30-13-16-9-22(31-14-16)23(29)27-18-10-26-28(12-18)11-17-4-2-3-5-20(17)25/h2-10,12,14H,11,13H2,1H3,(H,27,29). The summed E-state index contributed by atoms with van der Waals surface area (Å²) < 4.78 is 21.2. The van der Waals surface area contributed by atoms with Crippen molar-refractivity contribution < 1.29 is 13.9 Å². The van der Waals surface area contributed by atoms with Gasteiger partial charge in [0.05, 0.1) is 28.3 Å². The summed E-state index contributed by atoms with van der Waals surface area (Å²) in [7, 11) is 0. The van der Waals surface area contributed by atoms with E-state index in [1.807, 2.05) is 24.4 Å². The smallest absolute Gasteiger partial charge is 0.265 e. The molecule has 0 aliphatic heterocycles. The van der Waals surface area contributed by atoms with Gasteiger partial charge in [0, 0.05) is 17.3 Å². The number of nitrogens with zero attached hydrogens (tertiary/aromatic N) is 2. The summed E-state index contributed by atoms with van der Waals surface area (Å²) in [5.74, 6) is 0.0836. The van der Waals surface area contributed by atoms with E-state index in [2.05, 4.69) is 10.4 Å². The zero-order chi connectivity index (χ0) is 21.8. The molecule has 0 radical (unpaired) electrons. The van der Waals surface area contributed by atoms with Gasteiger partial charge in [0.2, 0.25) is 0 Å². The normalized spacial score (nSPS) is 10.8. The molecule has 0 aliphatic carbocycles. The first-order valence-electron chi connectivity index (χ1n) is 9.51. The summed E-state index contributed by atoms with van der Waals surface area (Å²) in [5, 5.41) is 9.43. The molecular weight excluding hydrogens is 437 g/mol. The molecule has 4 rings (SSSR count). The van der Waals surface area contributed by atoms with E-state index in [4.69, 9.17) is 16.3 Å². The van der Waals surface area contributed by atoms with Crippen LogP contribution in [0.25, 0.3) is 0 Å². The van der Waals surface area contributed by atoms with Crippen LogP contribution in [-0.4, -0.2) is 15.7 Å². The SMILES string of the molecule is Cc1ccc(Cl)c(OCc2csc(C(=O)Nc3cnn(Cc4ccccc4F)c3)c2)c1. The molecule has 4 aromatic rings. The first-order valence-corrected chi connectivity index (χ1v) is 10.8. The van der Waals surface area contributed by atoms with Gasteiger partial charge in [-0.3, -0.25) is 9.48 Å². The van der Waals surface area contributed by atoms with Crippen LogP contribution in [0.4, 0.5) is 10.1 Å². The summed E-state index contributed by atoms with van der Waals surface area (Å²) in [4.78, 5) is 13.1. The van der Waals surface area contributed by atoms with Gasteiger partial charge < -0.3 is 10.1 Å². The highest BCUT2D eigenvalue weighted by Gasteiger charge is 2.12. The van der Waals surface area contributed by atoms with E-state index in [0.717, 1.165) is 11.1 Å². The fourth-order valence-electron chi connectivity index (χ4n) is 2.96. The Balaban J connectivity index is 1.35. The maximum absolute atomic E-state index is 13.8. The quantitative estimate of drug-likeness (QED) is 0.376. The highest BCUT2D eigenvalue weighted by Crippen LogP contribution is 2.27. The Hall–Kier alpha value is -3.16. The number of anilines is 1. The Labute approximate surface area is 188 Å². The van der Waals surface area contributed by atoms with Gasteiger partial charge in [-0.25, -0.2) is 4.39 Å². The lowest BCUT2D eigenvalue weighted by Crippen LogP contribution is -2.09. The van der Waals surface area contributed by atoms with E-state index in [0.29, 0.717) is 33.5 Å². The number of hydrogen-bond donors (Lipinski definition) is 1. The molecule has 31 heavy (non-hydrogen) atoms. The molecule has 0 fully saturated rings. The van der Waals surface area contributed by atoms with Crippen molar-refractivity contribution in [3.8, 4) is 5.75 Å². The third-order valence-corrected chi connectivity index (χ3v) is 5.83. The maximum Gasteiger partial charge on any atom is 0.265 e. The number of aryl methyl sites for hydroxylation is 1. The monoisotopic (exact) mass is 455 g/mol. The molecule has 0 saturated carbocycles. The molecule has 2 aromatic heterocycles. The van der Waals surface area contributed by atoms with Crippen molar-refractivity contribution in [3.63, 3.8) is 0 Å². The summed E-state index contributed by atoms with van der Waals surface area (Å²) in [5.41, 5.74) is 3.00. The van der Waals surface area contributed by atoms with Crippen LogP contribution >= 0.6 is 22.9 Å². The van der Waals surface area contributed by atoms with Gasteiger partial charge in [0.1, 0.15) is 18.2 Å². The average Bonchev–Trinajstić information content (AvgIpc) is 3.40. The molecule has 2 aromatic carbocycles. The van der Waals surface area contributed by atoms with Crippen molar-refractivity contribution in [3.05, 3.63) is 98.7 Å². The maximum atomic E-state index is 13.8. The third-order valence-electron chi connectivity index (χ3n) is 4.54. The van der Waals surface area contributed by atoms with Gasteiger partial charge in [-0.1, -0.05) is 35.9 Å². The van der Waals surface area contributed by atoms with Gasteiger partial charge in [-0.2, -0.15) is 5.10 Å². The number of carbonyl (C=O) groups excluding carboxylic acids is 1. The molecule has 158 valence electrons. The van der Waals surface area contributed by atoms with E-state index >= 15 is 0 Å². The van der Waals surface area contributed by atoms with Crippen LogP contribution in [0, 0.1) is 12.7 Å². The van der Waals surface area contributed by atoms with Gasteiger partial charge in [0.25, 0.3) is 5.91 Å². The average molecular weight is 456 g/mol. The fraction of sp³-hybridized carbons (Fsp3) is 0.130. The fourth-order valence-corrected chi connectivity index (χ4v) is 3.93. The van der Waals surface area contributed by atoms with Crippen molar-refractivity contribution in [1.29, 1.82) is 0 Å². The molecule has 0 aliphatic rings. The van der Waals surface area contributed by atoms with E-state index < -0.39 is 0 Å². The number of halogens is 2. The summed E-state index contributed by atoms with van der Waals surface area (Å²) in [6.07, 6.45) is 3.21. The summed E-state index contributed by atoms with van der Waals surface area (Å²) in [6, 6.07) is 13.9. The number of thiophene rings is 1. The lowest BCUT2D eigenvalue weighted by molar-refractivity contribution is 0.103. The highest BCUT2D eigenvalue weighted by molar-refractivity contribution is 7.12. The Morgan fingerprint density at radius 1 is 1.26 bits per heavy atom. The topological polar surface area (TPSA) is 56.1 Å². The number of amides is 1. The van der Waals surface area contributed by atoms with Gasteiger partial charge in [-0.15, -0.1) is 11.3 Å². The van der Waals surface area contributed by atoms with Crippen molar-refractivity contribution in [2.24, 2.45) is 0 Å². The van der Waals surface area contributed by atoms with Crippen molar-refractivity contribution in [2.45, 2.75) is 20.1 Å². The van der Waals surface area contributed by atoms with Crippen molar-refractivity contribution in [2.75, 3.05) is 5.32 Å². The zero-order valence-corrected chi connectivity index (χ0v) is 18.2. The van der Waals surface area contributed by atoms with Crippen molar-refractivity contribution in [1.82, 2.24) is 9.78 Å². The molecule has 5 nitrogen and oxygen atoms in total. The van der Waals surface area contributed by atoms with Gasteiger partial charge >= 0.3 is 0 Å². The largest absolute Gasteiger partial charge is 0.487 e. The summed E-state index contributed by atoms with van der Waals surface area (Å²) >= 11 is 7.48. The lowest BCUT2D eigenvalue weighted by Gasteiger charge is -2.07. The number of nitrogens with one attached hydrogen (secondary N) is 1. The third kappa shape index (κ3) is 5.31. The van der Waals surface area contributed by atoms with Crippen LogP contribution in [0.15, 0.2) is 66.3 Å². The van der Waals surface area contributed by atoms with Crippen LogP contribution in [0.2, 0.25) is 5.02 Å². The number of ether oxygens (including phenoxy) is 1. The number of carbonyl (C=O) groups is 1. The molecule has 2 heterocycles. The number of aromatic nitrogens is 2. The second-order valence-electron chi connectivity index (χ2n) is 7.01. The lowest BCUT2D eigenvalue weighted by atomic mass is 10.2. The Bertz CT molecular complexity index is 1220. The van der Waals surface area contributed by atoms with Crippen LogP contribution in [-0.2, 0) is 13.2 Å². The van der Waals surface area contributed by atoms with Gasteiger partial charge in [0.15, 0.2) is 0 Å². The highest BCUT2D eigenvalue weighted by atomic mass is 35.5. The van der Waals surface area contributed by atoms with E-state index in [1.54, 1.807) is 41.2 Å². The van der Waals surface area contributed by atoms with Crippen molar-refractivity contribution >= 4 is 34.5 Å². The first-order chi connectivity index (χ1) is 15.0. The summed E-state index contributed by atoms with van der Waals surface area (Å²) in [6.45, 7) is 2.56. The first kappa shape index (κ1) is 21.1. The van der Waals surface area contributed by atoms with Crippen LogP contribution in [0.5, 0.6) is 5.75 Å². The minimum atomic E-state index is -0.288. The Morgan fingerprint density at radius 3 is 2.94 bits per heavy atom. The molecule has 8 heteroatoms. The molecule has 0 bridgehead atoms. The van der Waals surface area contributed by atoms with E-state index in [-0.39, 0.29) is 18.3 Å². The van der Waals surface area contributed by atoms with Crippen LogP contribution < -0.4 is 10.1 Å². The number of benzene rings is 2. The zero-order valence-electron chi connectivity index (χ0n) is 16.6. The second kappa shape index (κ2) is 9.32. The van der Waals surface area contributed by atoms with Gasteiger partial charge in [-0.05, 0) is 42.1 Å². The van der Waals surface area contributed by atoms with Crippen LogP contribution in [0.3, 0.4) is 0 Å².